The molecule has 2 aliphatic carbocycles. The van der Waals surface area contributed by atoms with Gasteiger partial charge in [-0.3, -0.25) is 14.9 Å². The summed E-state index contributed by atoms with van der Waals surface area (Å²) in [5, 5.41) is 15.6. The van der Waals surface area contributed by atoms with Crippen LogP contribution in [0.1, 0.15) is 45.4 Å². The maximum Gasteiger partial charge on any atom is 0.278 e. The van der Waals surface area contributed by atoms with Crippen LogP contribution in [-0.2, 0) is 0 Å². The largest absolute Gasteiger partial charge is 0.278 e. The van der Waals surface area contributed by atoms with E-state index in [4.69, 9.17) is 11.6 Å². The number of halogens is 1. The monoisotopic (exact) mass is 439 g/mol. The Kier molecular flexibility index (Phi) is 4.67. The molecule has 8 heteroatoms. The van der Waals surface area contributed by atoms with E-state index in [-0.39, 0.29) is 34.1 Å². The van der Waals surface area contributed by atoms with Crippen LogP contribution < -0.4 is 0 Å². The molecule has 0 spiro atoms. The Morgan fingerprint density at radius 2 is 1.87 bits per heavy atom. The first-order chi connectivity index (χ1) is 14.4. The normalized spacial score (nSPS) is 24.1. The number of carbonyl (C=O) groups excluding carboxylic acids is 1. The van der Waals surface area contributed by atoms with Crippen molar-refractivity contribution in [2.75, 3.05) is 0 Å². The van der Waals surface area contributed by atoms with Crippen molar-refractivity contribution in [3.05, 3.63) is 87.2 Å². The third kappa shape index (κ3) is 3.13. The van der Waals surface area contributed by atoms with Crippen LogP contribution in [-0.4, -0.2) is 31.2 Å². The minimum absolute atomic E-state index is 0.0355. The SMILES string of the molecule is Cc1ccc(S[C@@H]2[C@@H](Cl)[C@@H]3C[C@H]2c2cn(C(=O)c4ccc([N+](=O)[O-])cc4)nc23)cc1. The van der Waals surface area contributed by atoms with Crippen molar-refractivity contribution in [1.29, 1.82) is 0 Å². The van der Waals surface area contributed by atoms with E-state index >= 15 is 0 Å². The van der Waals surface area contributed by atoms with E-state index in [2.05, 4.69) is 36.3 Å². The van der Waals surface area contributed by atoms with Crippen molar-refractivity contribution in [2.45, 2.75) is 40.7 Å². The fourth-order valence-corrected chi connectivity index (χ4v) is 6.31. The lowest BCUT2D eigenvalue weighted by Gasteiger charge is -2.25. The average molecular weight is 440 g/mol. The number of nitro benzene ring substituents is 1. The molecule has 1 saturated carbocycles. The molecular formula is C22H18ClN3O3S. The highest BCUT2D eigenvalue weighted by atomic mass is 35.5. The Morgan fingerprint density at radius 3 is 2.53 bits per heavy atom. The molecule has 0 unspecified atom stereocenters. The van der Waals surface area contributed by atoms with Gasteiger partial charge in [-0.05, 0) is 43.2 Å². The number of benzene rings is 2. The zero-order valence-electron chi connectivity index (χ0n) is 16.1. The number of nitro groups is 1. The number of hydrogen-bond acceptors (Lipinski definition) is 5. The van der Waals surface area contributed by atoms with Gasteiger partial charge in [0, 0.05) is 45.9 Å². The molecule has 5 rings (SSSR count). The summed E-state index contributed by atoms with van der Waals surface area (Å²) in [6, 6.07) is 14.0. The molecule has 4 atom stereocenters. The van der Waals surface area contributed by atoms with Crippen LogP contribution in [0.25, 0.3) is 0 Å². The Bertz CT molecular complexity index is 1140. The number of alkyl halides is 1. The molecule has 3 aromatic rings. The van der Waals surface area contributed by atoms with Gasteiger partial charge in [0.1, 0.15) is 0 Å². The standard InChI is InChI=1S/C22H18ClN3O3S/c1-12-2-8-15(9-3-12)30-21-16-10-17(19(21)23)20-18(16)11-25(24-20)22(27)13-4-6-14(7-5-13)26(28)29/h2-9,11,16-17,19,21H,10H2,1H3/t16-,17-,19-,21-/m0/s1. The molecule has 2 aliphatic rings. The van der Waals surface area contributed by atoms with E-state index in [1.807, 2.05) is 6.20 Å². The fourth-order valence-electron chi connectivity index (χ4n) is 4.41. The van der Waals surface area contributed by atoms with Gasteiger partial charge in [0.15, 0.2) is 0 Å². The van der Waals surface area contributed by atoms with Crippen LogP contribution >= 0.6 is 23.4 Å². The van der Waals surface area contributed by atoms with Gasteiger partial charge in [-0.1, -0.05) is 17.7 Å². The molecule has 30 heavy (non-hydrogen) atoms. The number of non-ortho nitro benzene ring substituents is 1. The second kappa shape index (κ2) is 7.25. The maximum absolute atomic E-state index is 12.8. The van der Waals surface area contributed by atoms with Crippen LogP contribution in [0.3, 0.4) is 0 Å². The van der Waals surface area contributed by atoms with E-state index in [1.54, 1.807) is 11.8 Å². The maximum atomic E-state index is 12.8. The molecule has 152 valence electrons. The van der Waals surface area contributed by atoms with Crippen LogP contribution in [0.15, 0.2) is 59.6 Å². The predicted octanol–water partition coefficient (Wildman–Crippen LogP) is 5.14. The summed E-state index contributed by atoms with van der Waals surface area (Å²) < 4.78 is 1.35. The number of thioether (sulfide) groups is 1. The van der Waals surface area contributed by atoms with Crippen LogP contribution in [0.2, 0.25) is 0 Å². The van der Waals surface area contributed by atoms with Crippen LogP contribution in [0, 0.1) is 17.0 Å². The van der Waals surface area contributed by atoms with Crippen molar-refractivity contribution in [2.24, 2.45) is 0 Å². The van der Waals surface area contributed by atoms with Crippen molar-refractivity contribution < 1.29 is 9.72 Å². The molecule has 2 aromatic carbocycles. The molecule has 0 aliphatic heterocycles. The number of nitrogens with zero attached hydrogens (tertiary/aromatic N) is 3. The second-order valence-corrected chi connectivity index (χ2v) is 9.57. The van der Waals surface area contributed by atoms with E-state index in [1.165, 1.54) is 39.4 Å². The number of aryl methyl sites for hydroxylation is 1. The summed E-state index contributed by atoms with van der Waals surface area (Å²) >= 11 is 8.61. The number of rotatable bonds is 4. The van der Waals surface area contributed by atoms with Gasteiger partial charge in [-0.2, -0.15) is 5.10 Å². The number of carbonyl (C=O) groups is 1. The first-order valence-electron chi connectivity index (χ1n) is 9.68. The zero-order chi connectivity index (χ0) is 21.0. The number of aromatic nitrogens is 2. The second-order valence-electron chi connectivity index (χ2n) is 7.81. The third-order valence-electron chi connectivity index (χ3n) is 5.95. The minimum atomic E-state index is -0.485. The van der Waals surface area contributed by atoms with Gasteiger partial charge in [-0.25, -0.2) is 4.68 Å². The predicted molar refractivity (Wildman–Crippen MR) is 116 cm³/mol. The van der Waals surface area contributed by atoms with E-state index in [0.29, 0.717) is 5.56 Å². The lowest BCUT2D eigenvalue weighted by molar-refractivity contribution is -0.384. The molecule has 6 nitrogen and oxygen atoms in total. The van der Waals surface area contributed by atoms with E-state index in [0.717, 1.165) is 17.7 Å². The van der Waals surface area contributed by atoms with Gasteiger partial charge in [0.25, 0.3) is 11.6 Å². The zero-order valence-corrected chi connectivity index (χ0v) is 17.6. The Morgan fingerprint density at radius 1 is 1.17 bits per heavy atom. The van der Waals surface area contributed by atoms with E-state index in [9.17, 15) is 14.9 Å². The van der Waals surface area contributed by atoms with Crippen molar-refractivity contribution in [3.8, 4) is 0 Å². The first-order valence-corrected chi connectivity index (χ1v) is 11.0. The van der Waals surface area contributed by atoms with Crippen LogP contribution in [0.4, 0.5) is 5.69 Å². The molecule has 2 bridgehead atoms. The summed E-state index contributed by atoms with van der Waals surface area (Å²) in [6.07, 6.45) is 2.77. The van der Waals surface area contributed by atoms with Gasteiger partial charge >= 0.3 is 0 Å². The molecule has 1 heterocycles. The highest BCUT2D eigenvalue weighted by molar-refractivity contribution is 8.00. The minimum Gasteiger partial charge on any atom is -0.267 e. The van der Waals surface area contributed by atoms with Gasteiger partial charge in [0.2, 0.25) is 0 Å². The molecule has 0 saturated heterocycles. The summed E-state index contributed by atoms with van der Waals surface area (Å²) in [6.45, 7) is 2.07. The quantitative estimate of drug-likeness (QED) is 0.319. The Labute approximate surface area is 182 Å². The smallest absolute Gasteiger partial charge is 0.267 e. The highest BCUT2D eigenvalue weighted by Crippen LogP contribution is 2.59. The summed E-state index contributed by atoms with van der Waals surface area (Å²) in [4.78, 5) is 24.4. The Hall–Kier alpha value is -2.64. The number of hydrogen-bond donors (Lipinski definition) is 0. The third-order valence-corrected chi connectivity index (χ3v) is 8.12. The van der Waals surface area contributed by atoms with Gasteiger partial charge in [0.05, 0.1) is 16.0 Å². The summed E-state index contributed by atoms with van der Waals surface area (Å²) in [7, 11) is 0. The van der Waals surface area contributed by atoms with E-state index < -0.39 is 4.92 Å². The first kappa shape index (κ1) is 19.3. The van der Waals surface area contributed by atoms with Gasteiger partial charge in [-0.15, -0.1) is 23.4 Å². The van der Waals surface area contributed by atoms with Crippen molar-refractivity contribution in [3.63, 3.8) is 0 Å². The number of fused-ring (bicyclic) bond motifs is 5. The summed E-state index contributed by atoms with van der Waals surface area (Å²) in [5.74, 6) is 0.102. The average Bonchev–Trinajstić information content (AvgIpc) is 3.40. The molecular weight excluding hydrogens is 422 g/mol. The van der Waals surface area contributed by atoms with Crippen LogP contribution in [0.5, 0.6) is 0 Å². The Balaban J connectivity index is 1.39. The molecule has 0 radical (unpaired) electrons. The molecule has 0 N–H and O–H groups in total. The lowest BCUT2D eigenvalue weighted by atomic mass is 9.97. The van der Waals surface area contributed by atoms with Gasteiger partial charge < -0.3 is 0 Å². The topological polar surface area (TPSA) is 78.0 Å². The van der Waals surface area contributed by atoms with Crippen molar-refractivity contribution in [1.82, 2.24) is 9.78 Å². The summed E-state index contributed by atoms with van der Waals surface area (Å²) in [5.41, 5.74) is 3.55. The fraction of sp³-hybridized carbons (Fsp3) is 0.273. The molecule has 0 amide bonds. The lowest BCUT2D eigenvalue weighted by Crippen LogP contribution is -2.24. The molecule has 1 fully saturated rings. The van der Waals surface area contributed by atoms with Crippen molar-refractivity contribution >= 4 is 35.0 Å². The highest BCUT2D eigenvalue weighted by Gasteiger charge is 2.52. The molecule has 1 aromatic heterocycles.